The van der Waals surface area contributed by atoms with Crippen LogP contribution >= 0.6 is 0 Å². The predicted octanol–water partition coefficient (Wildman–Crippen LogP) is 13.8. The molecular weight excluding hydrogens is 607 g/mol. The van der Waals surface area contributed by atoms with Crippen LogP contribution in [-0.2, 0) is 0 Å². The Kier molecular flexibility index (Phi) is 6.53. The SMILES string of the molecule is c1ccc(-c2ccc(N(c3ccc(-c4ccccc4)cc3)c3ccc4cc(-c5cc6ccc7cccc8oc(c5)c6c78)ccc4c3)cc2)cc1. The molecular formula is C48H31NO. The maximum absolute atomic E-state index is 6.35. The van der Waals surface area contributed by atoms with Gasteiger partial charge in [-0.25, -0.2) is 0 Å². The highest BCUT2D eigenvalue weighted by molar-refractivity contribution is 6.22. The topological polar surface area (TPSA) is 16.4 Å². The molecule has 9 aromatic carbocycles. The maximum atomic E-state index is 6.35. The van der Waals surface area contributed by atoms with Crippen LogP contribution in [0.15, 0.2) is 192 Å². The second-order valence-corrected chi connectivity index (χ2v) is 13.0. The molecule has 0 fully saturated rings. The third-order valence-electron chi connectivity index (χ3n) is 9.98. The molecule has 0 aliphatic heterocycles. The summed E-state index contributed by atoms with van der Waals surface area (Å²) in [5.74, 6) is 0. The molecule has 10 aromatic rings. The molecule has 0 atom stereocenters. The minimum Gasteiger partial charge on any atom is -0.456 e. The lowest BCUT2D eigenvalue weighted by Gasteiger charge is -2.26. The first kappa shape index (κ1) is 28.4. The third-order valence-corrected chi connectivity index (χ3v) is 9.98. The summed E-state index contributed by atoms with van der Waals surface area (Å²) in [7, 11) is 0. The van der Waals surface area contributed by atoms with Crippen molar-refractivity contribution in [3.63, 3.8) is 0 Å². The minimum absolute atomic E-state index is 0.937. The van der Waals surface area contributed by atoms with E-state index in [2.05, 4.69) is 193 Å². The van der Waals surface area contributed by atoms with Crippen LogP contribution in [-0.4, -0.2) is 0 Å². The van der Waals surface area contributed by atoms with Gasteiger partial charge in [0.1, 0.15) is 11.2 Å². The Labute approximate surface area is 290 Å². The highest BCUT2D eigenvalue weighted by Crippen LogP contribution is 2.41. The number of hydrogen-bond acceptors (Lipinski definition) is 2. The quantitative estimate of drug-likeness (QED) is 0.169. The monoisotopic (exact) mass is 637 g/mol. The average Bonchev–Trinajstić information content (AvgIpc) is 3.58. The normalized spacial score (nSPS) is 11.6. The van der Waals surface area contributed by atoms with Gasteiger partial charge >= 0.3 is 0 Å². The van der Waals surface area contributed by atoms with Gasteiger partial charge in [0.05, 0.1) is 0 Å². The fourth-order valence-corrected chi connectivity index (χ4v) is 7.49. The highest BCUT2D eigenvalue weighted by atomic mass is 16.3. The molecule has 0 spiro atoms. The van der Waals surface area contributed by atoms with Crippen molar-refractivity contribution in [2.75, 3.05) is 4.90 Å². The Morgan fingerprint density at radius 1 is 0.280 bits per heavy atom. The lowest BCUT2D eigenvalue weighted by Crippen LogP contribution is -2.09. The summed E-state index contributed by atoms with van der Waals surface area (Å²) in [6.07, 6.45) is 0. The number of rotatable bonds is 6. The second-order valence-electron chi connectivity index (χ2n) is 13.0. The van der Waals surface area contributed by atoms with Crippen LogP contribution < -0.4 is 4.90 Å². The zero-order chi connectivity index (χ0) is 33.0. The van der Waals surface area contributed by atoms with E-state index in [-0.39, 0.29) is 0 Å². The van der Waals surface area contributed by atoms with E-state index in [4.69, 9.17) is 4.42 Å². The van der Waals surface area contributed by atoms with E-state index >= 15 is 0 Å². The molecule has 0 N–H and O–H groups in total. The van der Waals surface area contributed by atoms with Gasteiger partial charge in [0.25, 0.3) is 0 Å². The van der Waals surface area contributed by atoms with E-state index in [0.717, 1.165) is 33.8 Å². The van der Waals surface area contributed by atoms with Gasteiger partial charge in [-0.15, -0.1) is 0 Å². The van der Waals surface area contributed by atoms with E-state index in [1.807, 2.05) is 0 Å². The number of hydrogen-bond donors (Lipinski definition) is 0. The second kappa shape index (κ2) is 11.5. The van der Waals surface area contributed by atoms with Crippen molar-refractivity contribution in [1.29, 1.82) is 0 Å². The summed E-state index contributed by atoms with van der Waals surface area (Å²) >= 11 is 0. The maximum Gasteiger partial charge on any atom is 0.136 e. The Morgan fingerprint density at radius 3 is 1.46 bits per heavy atom. The molecule has 1 heterocycles. The highest BCUT2D eigenvalue weighted by Gasteiger charge is 2.16. The molecule has 234 valence electrons. The summed E-state index contributed by atoms with van der Waals surface area (Å²) in [6.45, 7) is 0. The minimum atomic E-state index is 0.937. The fourth-order valence-electron chi connectivity index (χ4n) is 7.49. The van der Waals surface area contributed by atoms with Gasteiger partial charge in [0.15, 0.2) is 0 Å². The summed E-state index contributed by atoms with van der Waals surface area (Å²) in [6, 6.07) is 67.5. The van der Waals surface area contributed by atoms with Crippen LogP contribution in [0.3, 0.4) is 0 Å². The molecule has 0 saturated carbocycles. The molecule has 1 aromatic heterocycles. The number of anilines is 3. The number of furan rings is 1. The van der Waals surface area contributed by atoms with Crippen LogP contribution in [0, 0.1) is 0 Å². The van der Waals surface area contributed by atoms with Crippen molar-refractivity contribution in [2.45, 2.75) is 0 Å². The summed E-state index contributed by atoms with van der Waals surface area (Å²) in [5, 5.41) is 7.23. The first-order valence-corrected chi connectivity index (χ1v) is 17.1. The number of nitrogens with zero attached hydrogens (tertiary/aromatic N) is 1. The Balaban J connectivity index is 1.05. The zero-order valence-corrected chi connectivity index (χ0v) is 27.3. The van der Waals surface area contributed by atoms with E-state index in [1.54, 1.807) is 0 Å². The molecule has 50 heavy (non-hydrogen) atoms. The predicted molar refractivity (Wildman–Crippen MR) is 211 cm³/mol. The van der Waals surface area contributed by atoms with Gasteiger partial charge < -0.3 is 9.32 Å². The Hall–Kier alpha value is -6.64. The lowest BCUT2D eigenvalue weighted by atomic mass is 9.96. The summed E-state index contributed by atoms with van der Waals surface area (Å²) in [4.78, 5) is 2.34. The first-order chi connectivity index (χ1) is 24.7. The molecule has 2 nitrogen and oxygen atoms in total. The summed E-state index contributed by atoms with van der Waals surface area (Å²) < 4.78 is 6.35. The molecule has 0 saturated heterocycles. The van der Waals surface area contributed by atoms with Crippen LogP contribution in [0.25, 0.3) is 76.9 Å². The van der Waals surface area contributed by atoms with Crippen molar-refractivity contribution in [3.8, 4) is 33.4 Å². The largest absolute Gasteiger partial charge is 0.456 e. The Bertz CT molecular complexity index is 2700. The molecule has 0 radical (unpaired) electrons. The molecule has 0 aliphatic rings. The molecule has 0 aliphatic carbocycles. The van der Waals surface area contributed by atoms with Crippen molar-refractivity contribution in [3.05, 3.63) is 188 Å². The smallest absolute Gasteiger partial charge is 0.136 e. The van der Waals surface area contributed by atoms with Crippen LogP contribution in [0.4, 0.5) is 17.1 Å². The van der Waals surface area contributed by atoms with Crippen LogP contribution in [0.5, 0.6) is 0 Å². The van der Waals surface area contributed by atoms with Gasteiger partial charge in [-0.1, -0.05) is 127 Å². The first-order valence-electron chi connectivity index (χ1n) is 17.1. The molecule has 0 amide bonds. The van der Waals surface area contributed by atoms with Crippen molar-refractivity contribution >= 4 is 60.5 Å². The van der Waals surface area contributed by atoms with Crippen LogP contribution in [0.2, 0.25) is 0 Å². The molecule has 0 bridgehead atoms. The van der Waals surface area contributed by atoms with E-state index in [0.29, 0.717) is 0 Å². The number of fused-ring (bicyclic) bond motifs is 1. The van der Waals surface area contributed by atoms with Crippen molar-refractivity contribution in [1.82, 2.24) is 0 Å². The van der Waals surface area contributed by atoms with Gasteiger partial charge in [-0.05, 0) is 116 Å². The van der Waals surface area contributed by atoms with Gasteiger partial charge in [0, 0.05) is 27.8 Å². The molecule has 2 heteroatoms. The van der Waals surface area contributed by atoms with Gasteiger partial charge in [-0.2, -0.15) is 0 Å². The van der Waals surface area contributed by atoms with E-state index in [9.17, 15) is 0 Å². The third kappa shape index (κ3) is 4.81. The van der Waals surface area contributed by atoms with Crippen LogP contribution in [0.1, 0.15) is 0 Å². The van der Waals surface area contributed by atoms with E-state index in [1.165, 1.54) is 60.1 Å². The van der Waals surface area contributed by atoms with Crippen molar-refractivity contribution in [2.24, 2.45) is 0 Å². The number of benzene rings is 9. The summed E-state index contributed by atoms with van der Waals surface area (Å²) in [5.41, 5.74) is 12.4. The standard InChI is InChI=1S/C48H31NO/c1-3-8-32(9-4-1)34-18-23-42(24-19-34)49(43-25-20-35(21-26-43)33-10-5-2-6-11-33)44-27-22-37-28-38(15-16-39(37)30-44)41-29-40-17-14-36-12-7-13-45-47(36)48(40)46(31-41)50-45/h1-31H. The Morgan fingerprint density at radius 2 is 0.780 bits per heavy atom. The van der Waals surface area contributed by atoms with E-state index < -0.39 is 0 Å². The van der Waals surface area contributed by atoms with Gasteiger partial charge in [0.2, 0.25) is 0 Å². The molecule has 10 rings (SSSR count). The zero-order valence-electron chi connectivity index (χ0n) is 27.3. The average molecular weight is 638 g/mol. The van der Waals surface area contributed by atoms with Gasteiger partial charge in [-0.3, -0.25) is 0 Å². The van der Waals surface area contributed by atoms with Crippen molar-refractivity contribution < 1.29 is 4.42 Å². The lowest BCUT2D eigenvalue weighted by molar-refractivity contribution is 0.669. The molecule has 0 unspecified atom stereocenters. The fraction of sp³-hybridized carbons (Fsp3) is 0.